The molecule has 2 aromatic carbocycles. The molecule has 28 heavy (non-hydrogen) atoms. The zero-order chi connectivity index (χ0) is 20.3. The molecule has 0 saturated heterocycles. The van der Waals surface area contributed by atoms with Crippen molar-refractivity contribution in [3.05, 3.63) is 82.0 Å². The molecule has 0 aliphatic heterocycles. The van der Waals surface area contributed by atoms with Gasteiger partial charge in [0, 0.05) is 29.2 Å². The monoisotopic (exact) mass is 406 g/mol. The molecule has 9 heteroatoms. The summed E-state index contributed by atoms with van der Waals surface area (Å²) < 4.78 is 42.2. The fourth-order valence-corrected chi connectivity index (χ4v) is 2.92. The number of para-hydroxylation sites is 1. The largest absolute Gasteiger partial charge is 0.459 e. The highest BCUT2D eigenvalue weighted by Gasteiger charge is 2.32. The van der Waals surface area contributed by atoms with Crippen LogP contribution in [0.4, 0.5) is 24.5 Å². The Bertz CT molecular complexity index is 1120. The van der Waals surface area contributed by atoms with Crippen LogP contribution in [0.1, 0.15) is 11.1 Å². The molecular formula is C19H15F3N3O2S+. The van der Waals surface area contributed by atoms with Crippen molar-refractivity contribution in [2.75, 3.05) is 4.72 Å². The molecule has 0 aliphatic rings. The quantitative estimate of drug-likeness (QED) is 0.297. The maximum Gasteiger partial charge on any atom is 0.416 e. The van der Waals surface area contributed by atoms with Crippen molar-refractivity contribution >= 4 is 40.1 Å². The molecule has 3 aromatic rings. The second kappa shape index (κ2) is 7.81. The number of H-pyrrole nitrogens is 1. The molecule has 0 saturated carbocycles. The predicted molar refractivity (Wildman–Crippen MR) is 105 cm³/mol. The lowest BCUT2D eigenvalue weighted by Crippen LogP contribution is -2.67. The SMILES string of the molecule is C=CSNc1cc([NH+]=C(O)c2c[nH]c3ccccc3c2=O)cc(C(F)(F)F)c1. The van der Waals surface area contributed by atoms with Crippen LogP contribution in [0.5, 0.6) is 0 Å². The van der Waals surface area contributed by atoms with Crippen molar-refractivity contribution < 1.29 is 23.3 Å². The molecule has 0 amide bonds. The molecule has 0 bridgehead atoms. The zero-order valence-corrected chi connectivity index (χ0v) is 15.1. The van der Waals surface area contributed by atoms with E-state index >= 15 is 0 Å². The highest BCUT2D eigenvalue weighted by Crippen LogP contribution is 2.33. The van der Waals surface area contributed by atoms with Crippen LogP contribution in [-0.4, -0.2) is 16.0 Å². The Hall–Kier alpha value is -3.20. The first-order valence-electron chi connectivity index (χ1n) is 7.98. The highest BCUT2D eigenvalue weighted by molar-refractivity contribution is 8.03. The summed E-state index contributed by atoms with van der Waals surface area (Å²) in [6, 6.07) is 9.86. The number of aromatic amines is 1. The van der Waals surface area contributed by atoms with Crippen LogP contribution < -0.4 is 15.1 Å². The summed E-state index contributed by atoms with van der Waals surface area (Å²) >= 11 is 1.00. The minimum atomic E-state index is -4.58. The van der Waals surface area contributed by atoms with Crippen LogP contribution in [0.2, 0.25) is 0 Å². The van der Waals surface area contributed by atoms with Crippen LogP contribution in [0.3, 0.4) is 0 Å². The van der Waals surface area contributed by atoms with E-state index in [9.17, 15) is 23.1 Å². The van der Waals surface area contributed by atoms with Crippen LogP contribution >= 0.6 is 11.9 Å². The van der Waals surface area contributed by atoms with Crippen molar-refractivity contribution in [2.24, 2.45) is 0 Å². The number of anilines is 1. The number of aliphatic hydroxyl groups excluding tert-OH is 1. The number of benzene rings is 2. The molecule has 4 N–H and O–H groups in total. The molecule has 1 aromatic heterocycles. The second-order valence-corrected chi connectivity index (χ2v) is 6.51. The summed E-state index contributed by atoms with van der Waals surface area (Å²) in [7, 11) is 0. The van der Waals surface area contributed by atoms with Gasteiger partial charge in [0.15, 0.2) is 5.56 Å². The van der Waals surface area contributed by atoms with Crippen molar-refractivity contribution in [1.29, 1.82) is 0 Å². The van der Waals surface area contributed by atoms with E-state index in [1.807, 2.05) is 0 Å². The van der Waals surface area contributed by atoms with Crippen molar-refractivity contribution in [3.8, 4) is 0 Å². The smallest absolute Gasteiger partial charge is 0.416 e. The molecule has 0 aliphatic carbocycles. The van der Waals surface area contributed by atoms with Gasteiger partial charge in [-0.25, -0.2) is 0 Å². The van der Waals surface area contributed by atoms with Crippen LogP contribution in [-0.2, 0) is 6.18 Å². The number of hydrogen-bond acceptors (Lipinski definition) is 3. The predicted octanol–water partition coefficient (Wildman–Crippen LogP) is 3.47. The average molecular weight is 406 g/mol. The summed E-state index contributed by atoms with van der Waals surface area (Å²) in [4.78, 5) is 17.9. The zero-order valence-electron chi connectivity index (χ0n) is 14.3. The van der Waals surface area contributed by atoms with E-state index in [1.54, 1.807) is 24.3 Å². The van der Waals surface area contributed by atoms with E-state index in [4.69, 9.17) is 0 Å². The van der Waals surface area contributed by atoms with Crippen molar-refractivity contribution in [1.82, 2.24) is 4.98 Å². The van der Waals surface area contributed by atoms with Gasteiger partial charge in [-0.2, -0.15) is 18.2 Å². The van der Waals surface area contributed by atoms with Gasteiger partial charge in [-0.1, -0.05) is 18.7 Å². The maximum atomic E-state index is 13.2. The first-order chi connectivity index (χ1) is 13.3. The fourth-order valence-electron chi connectivity index (χ4n) is 2.58. The Morgan fingerprint density at radius 3 is 2.71 bits per heavy atom. The van der Waals surface area contributed by atoms with E-state index in [-0.39, 0.29) is 16.9 Å². The lowest BCUT2D eigenvalue weighted by atomic mass is 10.1. The number of fused-ring (bicyclic) bond motifs is 1. The van der Waals surface area contributed by atoms with Gasteiger partial charge in [0.1, 0.15) is 0 Å². The van der Waals surface area contributed by atoms with E-state index in [0.717, 1.165) is 24.1 Å². The maximum absolute atomic E-state index is 13.2. The van der Waals surface area contributed by atoms with Gasteiger partial charge in [0.2, 0.25) is 11.1 Å². The molecule has 3 rings (SSSR count). The van der Waals surface area contributed by atoms with E-state index in [2.05, 4.69) is 21.3 Å². The molecule has 0 spiro atoms. The van der Waals surface area contributed by atoms with Gasteiger partial charge >= 0.3 is 12.1 Å². The molecule has 0 fully saturated rings. The van der Waals surface area contributed by atoms with Crippen LogP contribution in [0, 0.1) is 0 Å². The molecule has 0 radical (unpaired) electrons. The molecule has 0 unspecified atom stereocenters. The molecular weight excluding hydrogens is 391 g/mol. The van der Waals surface area contributed by atoms with Crippen molar-refractivity contribution in [3.63, 3.8) is 0 Å². The van der Waals surface area contributed by atoms with Gasteiger partial charge in [0.25, 0.3) is 0 Å². The summed E-state index contributed by atoms with van der Waals surface area (Å²) in [6.07, 6.45) is -3.28. The number of aromatic nitrogens is 1. The number of aliphatic hydroxyl groups is 1. The minimum absolute atomic E-state index is 0.0351. The normalized spacial score (nSPS) is 12.2. The number of rotatable bonds is 5. The molecule has 144 valence electrons. The Morgan fingerprint density at radius 1 is 1.25 bits per heavy atom. The van der Waals surface area contributed by atoms with Crippen LogP contribution in [0.15, 0.2) is 65.4 Å². The number of pyridine rings is 1. The Labute approximate surface area is 161 Å². The molecule has 5 nitrogen and oxygen atoms in total. The third-order valence-electron chi connectivity index (χ3n) is 3.83. The first-order valence-corrected chi connectivity index (χ1v) is 8.86. The third-order valence-corrected chi connectivity index (χ3v) is 4.35. The van der Waals surface area contributed by atoms with E-state index in [0.29, 0.717) is 10.9 Å². The number of alkyl halides is 3. The van der Waals surface area contributed by atoms with Crippen LogP contribution in [0.25, 0.3) is 10.9 Å². The van der Waals surface area contributed by atoms with Gasteiger partial charge in [0.05, 0.1) is 11.3 Å². The fraction of sp³-hybridized carbons (Fsp3) is 0.0526. The summed E-state index contributed by atoms with van der Waals surface area (Å²) in [5, 5.41) is 12.1. The number of nitrogens with one attached hydrogen (secondary N) is 3. The van der Waals surface area contributed by atoms with Gasteiger partial charge in [-0.15, -0.1) is 0 Å². The topological polar surface area (TPSA) is 79.1 Å². The molecule has 1 heterocycles. The highest BCUT2D eigenvalue weighted by atomic mass is 32.2. The summed E-state index contributed by atoms with van der Waals surface area (Å²) in [6.45, 7) is 3.47. The second-order valence-electron chi connectivity index (χ2n) is 5.73. The Balaban J connectivity index is 2.08. The Kier molecular flexibility index (Phi) is 5.46. The van der Waals surface area contributed by atoms with E-state index < -0.39 is 23.1 Å². The van der Waals surface area contributed by atoms with Gasteiger partial charge in [-0.05, 0) is 35.6 Å². The lowest BCUT2D eigenvalue weighted by molar-refractivity contribution is -0.364. The lowest BCUT2D eigenvalue weighted by Gasteiger charge is -2.09. The minimum Gasteiger partial charge on any atom is -0.459 e. The Morgan fingerprint density at radius 2 is 2.00 bits per heavy atom. The number of halogens is 3. The van der Waals surface area contributed by atoms with Crippen molar-refractivity contribution in [2.45, 2.75) is 6.18 Å². The average Bonchev–Trinajstić information content (AvgIpc) is 2.66. The van der Waals surface area contributed by atoms with Gasteiger partial charge in [-0.3, -0.25) is 4.79 Å². The first kappa shape index (κ1) is 19.6. The molecule has 0 atom stereocenters. The number of hydrogen-bond donors (Lipinski definition) is 4. The third kappa shape index (κ3) is 4.20. The standard InChI is InChI=1S/C19H14F3N3O2S/c1-2-28-25-13-8-11(19(20,21)22)7-12(9-13)24-18(27)15-10-23-16-6-4-3-5-14(16)17(15)26/h2-10,25H,1H2,(H,23,26)(H,24,27)/p+1. The van der Waals surface area contributed by atoms with E-state index in [1.165, 1.54) is 17.7 Å². The summed E-state index contributed by atoms with van der Waals surface area (Å²) in [5.74, 6) is -0.561. The summed E-state index contributed by atoms with van der Waals surface area (Å²) in [5.41, 5.74) is -0.756. The van der Waals surface area contributed by atoms with Gasteiger partial charge < -0.3 is 14.8 Å².